The first-order valence-electron chi connectivity index (χ1n) is 6.27. The number of carbonyl (C=O) groups excluding carboxylic acids is 1. The standard InChI is InChI=1S/C15H9Cl2NO2S2/c16-11-4-3-9(6-12(11)17)7-13-14(19)18(15(21)22-13)8-10-2-1-5-20-10/h1-7H,8H2/b13-7+. The van der Waals surface area contributed by atoms with Gasteiger partial charge in [0.05, 0.1) is 27.8 Å². The molecule has 1 fully saturated rings. The Balaban J connectivity index is 1.83. The van der Waals surface area contributed by atoms with Gasteiger partial charge in [0.25, 0.3) is 5.91 Å². The van der Waals surface area contributed by atoms with Crippen LogP contribution in [-0.2, 0) is 11.3 Å². The molecule has 0 unspecified atom stereocenters. The third-order valence-corrected chi connectivity index (χ3v) is 5.13. The van der Waals surface area contributed by atoms with Crippen molar-refractivity contribution in [2.24, 2.45) is 0 Å². The van der Waals surface area contributed by atoms with Gasteiger partial charge in [-0.3, -0.25) is 9.69 Å². The molecule has 0 saturated carbocycles. The summed E-state index contributed by atoms with van der Waals surface area (Å²) in [4.78, 5) is 14.5. The average molecular weight is 370 g/mol. The molecule has 1 aliphatic rings. The van der Waals surface area contributed by atoms with Gasteiger partial charge in [0, 0.05) is 0 Å². The molecule has 0 radical (unpaired) electrons. The lowest BCUT2D eigenvalue weighted by Crippen LogP contribution is -2.27. The fourth-order valence-corrected chi connectivity index (χ4v) is 3.51. The Morgan fingerprint density at radius 1 is 1.27 bits per heavy atom. The minimum atomic E-state index is -0.141. The summed E-state index contributed by atoms with van der Waals surface area (Å²) in [6.07, 6.45) is 3.32. The monoisotopic (exact) mass is 369 g/mol. The fourth-order valence-electron chi connectivity index (χ4n) is 1.95. The van der Waals surface area contributed by atoms with Gasteiger partial charge in [-0.1, -0.05) is 53.2 Å². The van der Waals surface area contributed by atoms with E-state index in [1.54, 1.807) is 42.7 Å². The van der Waals surface area contributed by atoms with Crippen LogP contribution in [0, 0.1) is 0 Å². The van der Waals surface area contributed by atoms with E-state index in [2.05, 4.69) is 0 Å². The van der Waals surface area contributed by atoms with Crippen molar-refractivity contribution in [1.82, 2.24) is 4.90 Å². The van der Waals surface area contributed by atoms with Gasteiger partial charge in [-0.15, -0.1) is 0 Å². The van der Waals surface area contributed by atoms with Crippen molar-refractivity contribution in [2.45, 2.75) is 6.54 Å². The van der Waals surface area contributed by atoms with Crippen LogP contribution in [0.3, 0.4) is 0 Å². The van der Waals surface area contributed by atoms with Gasteiger partial charge in [0.15, 0.2) is 0 Å². The second-order valence-electron chi connectivity index (χ2n) is 4.52. The van der Waals surface area contributed by atoms with Gasteiger partial charge in [0.1, 0.15) is 10.1 Å². The number of benzene rings is 1. The summed E-state index contributed by atoms with van der Waals surface area (Å²) in [5.74, 6) is 0.546. The van der Waals surface area contributed by atoms with Crippen molar-refractivity contribution >= 4 is 63.5 Å². The van der Waals surface area contributed by atoms with E-state index in [1.807, 2.05) is 0 Å². The predicted molar refractivity (Wildman–Crippen MR) is 93.9 cm³/mol. The van der Waals surface area contributed by atoms with Crippen LogP contribution in [0.2, 0.25) is 10.0 Å². The molecule has 7 heteroatoms. The number of amides is 1. The largest absolute Gasteiger partial charge is 0.467 e. The van der Waals surface area contributed by atoms with Gasteiger partial charge in [-0.25, -0.2) is 0 Å². The Hall–Kier alpha value is -1.27. The minimum Gasteiger partial charge on any atom is -0.467 e. The predicted octanol–water partition coefficient (Wildman–Crippen LogP) is 4.99. The van der Waals surface area contributed by atoms with Gasteiger partial charge >= 0.3 is 0 Å². The molecule has 1 aromatic heterocycles. The molecule has 1 aliphatic heterocycles. The summed E-state index contributed by atoms with van der Waals surface area (Å²) in [5.41, 5.74) is 0.799. The number of furan rings is 1. The third kappa shape index (κ3) is 3.22. The van der Waals surface area contributed by atoms with E-state index in [9.17, 15) is 4.79 Å². The zero-order valence-corrected chi connectivity index (χ0v) is 14.2. The molecule has 0 bridgehead atoms. The van der Waals surface area contributed by atoms with Gasteiger partial charge in [-0.2, -0.15) is 0 Å². The van der Waals surface area contributed by atoms with Crippen molar-refractivity contribution < 1.29 is 9.21 Å². The molecule has 22 heavy (non-hydrogen) atoms. The maximum Gasteiger partial charge on any atom is 0.266 e. The van der Waals surface area contributed by atoms with Crippen molar-refractivity contribution in [1.29, 1.82) is 0 Å². The third-order valence-electron chi connectivity index (χ3n) is 3.01. The summed E-state index contributed by atoms with van der Waals surface area (Å²) in [6.45, 7) is 0.330. The molecule has 1 saturated heterocycles. The van der Waals surface area contributed by atoms with E-state index in [1.165, 1.54) is 16.7 Å². The van der Waals surface area contributed by atoms with Crippen LogP contribution in [0.5, 0.6) is 0 Å². The second-order valence-corrected chi connectivity index (χ2v) is 7.01. The number of hydrogen-bond acceptors (Lipinski definition) is 4. The van der Waals surface area contributed by atoms with Gasteiger partial charge < -0.3 is 4.42 Å². The summed E-state index contributed by atoms with van der Waals surface area (Å²) >= 11 is 18.4. The number of thioether (sulfide) groups is 1. The lowest BCUT2D eigenvalue weighted by molar-refractivity contribution is -0.122. The fraction of sp³-hybridized carbons (Fsp3) is 0.0667. The van der Waals surface area contributed by atoms with E-state index in [0.717, 1.165) is 5.56 Å². The Kier molecular flexibility index (Phi) is 4.59. The van der Waals surface area contributed by atoms with Crippen molar-refractivity contribution in [3.63, 3.8) is 0 Å². The first kappa shape index (κ1) is 15.6. The highest BCUT2D eigenvalue weighted by Gasteiger charge is 2.32. The molecule has 2 heterocycles. The summed E-state index contributed by atoms with van der Waals surface area (Å²) in [6, 6.07) is 8.79. The van der Waals surface area contributed by atoms with Gasteiger partial charge in [-0.05, 0) is 35.9 Å². The smallest absolute Gasteiger partial charge is 0.266 e. The molecule has 0 atom stereocenters. The molecular formula is C15H9Cl2NO2S2. The van der Waals surface area contributed by atoms with Gasteiger partial charge in [0.2, 0.25) is 0 Å². The molecule has 0 N–H and O–H groups in total. The molecule has 0 spiro atoms. The van der Waals surface area contributed by atoms with Crippen LogP contribution in [0.15, 0.2) is 45.9 Å². The van der Waals surface area contributed by atoms with Crippen molar-refractivity contribution in [2.75, 3.05) is 0 Å². The van der Waals surface area contributed by atoms with E-state index in [0.29, 0.717) is 31.6 Å². The second kappa shape index (κ2) is 6.46. The number of thiocarbonyl (C=S) groups is 1. The highest BCUT2D eigenvalue weighted by molar-refractivity contribution is 8.26. The lowest BCUT2D eigenvalue weighted by atomic mass is 10.2. The summed E-state index contributed by atoms with van der Waals surface area (Å²) in [7, 11) is 0. The first-order chi connectivity index (χ1) is 10.5. The Morgan fingerprint density at radius 3 is 2.77 bits per heavy atom. The van der Waals surface area contributed by atoms with Crippen LogP contribution in [0.4, 0.5) is 0 Å². The van der Waals surface area contributed by atoms with Crippen LogP contribution in [-0.4, -0.2) is 15.1 Å². The molecule has 3 nitrogen and oxygen atoms in total. The molecule has 2 aromatic rings. The molecule has 1 aromatic carbocycles. The van der Waals surface area contributed by atoms with E-state index >= 15 is 0 Å². The Bertz CT molecular complexity index is 772. The zero-order valence-electron chi connectivity index (χ0n) is 11.1. The highest BCUT2D eigenvalue weighted by atomic mass is 35.5. The lowest BCUT2D eigenvalue weighted by Gasteiger charge is -2.11. The van der Waals surface area contributed by atoms with Crippen LogP contribution in [0.1, 0.15) is 11.3 Å². The summed E-state index contributed by atoms with van der Waals surface area (Å²) in [5, 5.41) is 0.922. The van der Waals surface area contributed by atoms with E-state index in [4.69, 9.17) is 39.8 Å². The average Bonchev–Trinajstić information content (AvgIpc) is 3.08. The maximum absolute atomic E-state index is 12.4. The normalized spacial score (nSPS) is 16.8. The molecule has 112 valence electrons. The summed E-state index contributed by atoms with van der Waals surface area (Å²) < 4.78 is 5.77. The number of nitrogens with zero attached hydrogens (tertiary/aromatic N) is 1. The topological polar surface area (TPSA) is 33.5 Å². The molecule has 0 aliphatic carbocycles. The SMILES string of the molecule is O=C1/C(=C\c2ccc(Cl)c(Cl)c2)SC(=S)N1Cc1ccco1. The number of carbonyl (C=O) groups is 1. The minimum absolute atomic E-state index is 0.141. The van der Waals surface area contributed by atoms with Crippen LogP contribution in [0.25, 0.3) is 6.08 Å². The van der Waals surface area contributed by atoms with Crippen molar-refractivity contribution in [3.8, 4) is 0 Å². The zero-order chi connectivity index (χ0) is 15.7. The number of halogens is 2. The van der Waals surface area contributed by atoms with Crippen LogP contribution < -0.4 is 0 Å². The highest BCUT2D eigenvalue weighted by Crippen LogP contribution is 2.34. The number of rotatable bonds is 3. The number of hydrogen-bond donors (Lipinski definition) is 0. The Labute approximate surface area is 146 Å². The van der Waals surface area contributed by atoms with E-state index < -0.39 is 0 Å². The maximum atomic E-state index is 12.4. The quantitative estimate of drug-likeness (QED) is 0.563. The molecule has 3 rings (SSSR count). The van der Waals surface area contributed by atoms with Crippen LogP contribution >= 0.6 is 47.2 Å². The molecule has 1 amide bonds. The van der Waals surface area contributed by atoms with E-state index in [-0.39, 0.29) is 5.91 Å². The first-order valence-corrected chi connectivity index (χ1v) is 8.25. The molecular weight excluding hydrogens is 361 g/mol. The van der Waals surface area contributed by atoms with Crippen molar-refractivity contribution in [3.05, 3.63) is 62.9 Å². The Morgan fingerprint density at radius 2 is 2.09 bits per heavy atom.